The van der Waals surface area contributed by atoms with Gasteiger partial charge in [-0.05, 0) is 51.0 Å². The average Bonchev–Trinajstić information content (AvgIpc) is 2.54. The highest BCUT2D eigenvalue weighted by molar-refractivity contribution is 5.88. The normalized spacial score (nSPS) is 11.3. The smallest absolute Gasteiger partial charge is 0.381 e. The van der Waals surface area contributed by atoms with Gasteiger partial charge in [-0.1, -0.05) is 0 Å². The summed E-state index contributed by atoms with van der Waals surface area (Å²) < 4.78 is 40.1. The Labute approximate surface area is 159 Å². The maximum atomic E-state index is 8.49. The Hall–Kier alpha value is -2.23. The number of halogens is 1. The van der Waals surface area contributed by atoms with Crippen molar-refractivity contribution < 1.29 is 33.3 Å². The lowest BCUT2D eigenvalue weighted by molar-refractivity contribution is -2.00. The van der Waals surface area contributed by atoms with Crippen molar-refractivity contribution >= 4 is 33.6 Å². The number of benzene rings is 2. The van der Waals surface area contributed by atoms with Crippen molar-refractivity contribution in [3.05, 3.63) is 35.4 Å². The van der Waals surface area contributed by atoms with Crippen LogP contribution in [0.4, 0.5) is 11.4 Å². The van der Waals surface area contributed by atoms with E-state index in [1.54, 1.807) is 0 Å². The van der Waals surface area contributed by atoms with Crippen LogP contribution < -0.4 is 29.3 Å². The van der Waals surface area contributed by atoms with Crippen LogP contribution in [-0.4, -0.2) is 18.1 Å². The number of hydrogen-bond acceptors (Lipinski definition) is 7. The van der Waals surface area contributed by atoms with Crippen LogP contribution in [0.25, 0.3) is 22.2 Å². The molecule has 1 aromatic heterocycles. The molecule has 9 heteroatoms. The third-order valence-corrected chi connectivity index (χ3v) is 3.81. The van der Waals surface area contributed by atoms with E-state index in [0.29, 0.717) is 0 Å². The van der Waals surface area contributed by atoms with Gasteiger partial charge in [-0.15, -0.1) is 10.2 Å². The first kappa shape index (κ1) is 21.1. The molecule has 0 atom stereocenters. The summed E-state index contributed by atoms with van der Waals surface area (Å²) in [4.78, 5) is 4.75. The van der Waals surface area contributed by atoms with Gasteiger partial charge in [-0.3, -0.25) is 0 Å². The fraction of sp³-hybridized carbons (Fsp3) is 0.333. The van der Waals surface area contributed by atoms with E-state index in [1.807, 2.05) is 12.1 Å². The van der Waals surface area contributed by atoms with Gasteiger partial charge in [0.15, 0.2) is 11.0 Å². The molecule has 0 unspecified atom stereocenters. The van der Waals surface area contributed by atoms with Crippen LogP contribution in [0.5, 0.6) is 0 Å². The van der Waals surface area contributed by atoms with Gasteiger partial charge in [0.05, 0.1) is 12.1 Å². The van der Waals surface area contributed by atoms with E-state index in [9.17, 15) is 0 Å². The third-order valence-electron chi connectivity index (χ3n) is 3.81. The molecular formula is C18H22ClN3O5. The second kappa shape index (κ2) is 8.64. The van der Waals surface area contributed by atoms with E-state index in [1.165, 1.54) is 11.1 Å². The quantitative estimate of drug-likeness (QED) is 0.464. The summed E-state index contributed by atoms with van der Waals surface area (Å²) in [6, 6.07) is 8.22. The fourth-order valence-electron chi connectivity index (χ4n) is 2.69. The molecule has 146 valence electrons. The monoisotopic (exact) mass is 395 g/mol. The summed E-state index contributed by atoms with van der Waals surface area (Å²) in [5.41, 5.74) is 7.94. The summed E-state index contributed by atoms with van der Waals surface area (Å²) in [5, 5.41) is 6.71. The van der Waals surface area contributed by atoms with Gasteiger partial charge >= 0.3 is 11.2 Å². The topological polar surface area (TPSA) is 140 Å². The van der Waals surface area contributed by atoms with E-state index in [4.69, 9.17) is 28.0 Å². The minimum absolute atomic E-state index is 0.806. The molecule has 0 radical (unpaired) electrons. The molecule has 0 aliphatic heterocycles. The standard InChI is InChI=1S/C18H22N3O.ClHO4/c1-5-19-13-9-17-15(7-11(13)3)21-16-8-12(4)14(20-6-2)10-18(16)22-17;2-1(3,4)5/h7-10,19-20H,5-6H2,1-4H3;(H,2,3,4,5)/q+1;/p-1. The highest BCUT2D eigenvalue weighted by Gasteiger charge is 2.17. The summed E-state index contributed by atoms with van der Waals surface area (Å²) in [6.45, 7) is 10.1. The molecular weight excluding hydrogens is 374 g/mol. The first-order valence-electron chi connectivity index (χ1n) is 8.40. The number of hydrogen-bond donors (Lipinski definition) is 2. The van der Waals surface area contributed by atoms with Gasteiger partial charge in [-0.25, -0.2) is 28.0 Å². The minimum Gasteiger partial charge on any atom is -0.385 e. The van der Waals surface area contributed by atoms with Gasteiger partial charge in [0.25, 0.3) is 0 Å². The van der Waals surface area contributed by atoms with Gasteiger partial charge in [0, 0.05) is 24.5 Å². The van der Waals surface area contributed by atoms with Gasteiger partial charge in [0.1, 0.15) is 0 Å². The maximum Gasteiger partial charge on any atom is 0.381 e. The molecule has 0 bridgehead atoms. The molecule has 0 amide bonds. The molecule has 27 heavy (non-hydrogen) atoms. The van der Waals surface area contributed by atoms with Crippen LogP contribution in [0.3, 0.4) is 0 Å². The molecule has 0 spiro atoms. The minimum atomic E-state index is -4.94. The van der Waals surface area contributed by atoms with Crippen LogP contribution in [0.1, 0.15) is 25.0 Å². The van der Waals surface area contributed by atoms with Gasteiger partial charge < -0.3 is 10.6 Å². The van der Waals surface area contributed by atoms with Crippen LogP contribution in [-0.2, 0) is 0 Å². The average molecular weight is 396 g/mol. The largest absolute Gasteiger partial charge is 0.385 e. The molecule has 2 aromatic carbocycles. The summed E-state index contributed by atoms with van der Waals surface area (Å²) >= 11 is 0. The Morgan fingerprint density at radius 1 is 0.815 bits per heavy atom. The van der Waals surface area contributed by atoms with Gasteiger partial charge in [-0.2, -0.15) is 0 Å². The number of aromatic nitrogens is 1. The summed E-state index contributed by atoms with van der Waals surface area (Å²) in [7, 11) is -4.94. The SMILES string of the molecule is CCNc1cc2[o+]c3cc(NCC)c(C)cc3nc2cc1C.[O-][Cl+3]([O-])([O-])[O-]. The lowest BCUT2D eigenvalue weighted by atomic mass is 10.1. The van der Waals surface area contributed by atoms with Crippen molar-refractivity contribution in [3.63, 3.8) is 0 Å². The van der Waals surface area contributed by atoms with E-state index < -0.39 is 10.2 Å². The molecule has 0 aliphatic carbocycles. The number of fused-ring (bicyclic) bond motifs is 2. The van der Waals surface area contributed by atoms with Crippen molar-refractivity contribution in [1.29, 1.82) is 0 Å². The number of nitrogens with zero attached hydrogens (tertiary/aromatic N) is 1. The first-order chi connectivity index (χ1) is 12.6. The molecule has 3 aromatic rings. The summed E-state index contributed by atoms with van der Waals surface area (Å²) in [6.07, 6.45) is 0. The number of nitrogens with one attached hydrogen (secondary N) is 2. The zero-order chi connectivity index (χ0) is 20.2. The van der Waals surface area contributed by atoms with Crippen LogP contribution >= 0.6 is 0 Å². The van der Waals surface area contributed by atoms with Crippen molar-refractivity contribution in [2.45, 2.75) is 27.7 Å². The lowest BCUT2D eigenvalue weighted by Crippen LogP contribution is -2.68. The predicted octanol–water partition coefficient (Wildman–Crippen LogP) is -0.0135. The second-order valence-electron chi connectivity index (χ2n) is 5.92. The Balaban J connectivity index is 0.000000465. The molecule has 0 fully saturated rings. The molecule has 3 rings (SSSR count). The second-order valence-corrected chi connectivity index (χ2v) is 6.68. The van der Waals surface area contributed by atoms with E-state index >= 15 is 0 Å². The van der Waals surface area contributed by atoms with Crippen molar-refractivity contribution in [2.24, 2.45) is 0 Å². The number of rotatable bonds is 4. The molecule has 0 saturated heterocycles. The fourth-order valence-corrected chi connectivity index (χ4v) is 2.69. The highest BCUT2D eigenvalue weighted by atomic mass is 35.7. The first-order valence-corrected chi connectivity index (χ1v) is 9.64. The van der Waals surface area contributed by atoms with Crippen LogP contribution in [0.15, 0.2) is 28.7 Å². The maximum absolute atomic E-state index is 8.49. The molecule has 0 saturated carbocycles. The Morgan fingerprint density at radius 2 is 1.19 bits per heavy atom. The van der Waals surface area contributed by atoms with Crippen molar-refractivity contribution in [2.75, 3.05) is 23.7 Å². The Kier molecular flexibility index (Phi) is 6.74. The lowest BCUT2D eigenvalue weighted by Gasteiger charge is -2.17. The van der Waals surface area contributed by atoms with Crippen molar-refractivity contribution in [3.8, 4) is 0 Å². The zero-order valence-electron chi connectivity index (χ0n) is 15.6. The van der Waals surface area contributed by atoms with Crippen molar-refractivity contribution in [1.82, 2.24) is 4.98 Å². The number of anilines is 2. The van der Waals surface area contributed by atoms with E-state index in [0.717, 1.165) is 46.7 Å². The molecule has 1 heterocycles. The molecule has 0 aliphatic rings. The zero-order valence-corrected chi connectivity index (χ0v) is 16.3. The van der Waals surface area contributed by atoms with Crippen LogP contribution in [0.2, 0.25) is 0 Å². The Bertz CT molecular complexity index is 871. The third kappa shape index (κ3) is 5.88. The Morgan fingerprint density at radius 3 is 1.52 bits per heavy atom. The van der Waals surface area contributed by atoms with Crippen LogP contribution in [0, 0.1) is 24.1 Å². The summed E-state index contributed by atoms with van der Waals surface area (Å²) in [5.74, 6) is 0. The predicted molar refractivity (Wildman–Crippen MR) is 93.7 cm³/mol. The highest BCUT2D eigenvalue weighted by Crippen LogP contribution is 2.28. The number of aryl methyl sites for hydroxylation is 2. The van der Waals surface area contributed by atoms with E-state index in [2.05, 4.69) is 50.5 Å². The molecule has 8 nitrogen and oxygen atoms in total. The van der Waals surface area contributed by atoms with E-state index in [-0.39, 0.29) is 0 Å². The molecule has 2 N–H and O–H groups in total. The van der Waals surface area contributed by atoms with Gasteiger partial charge in [0.2, 0.25) is 0 Å².